The van der Waals surface area contributed by atoms with Gasteiger partial charge in [0.05, 0.1) is 6.21 Å². The van der Waals surface area contributed by atoms with Crippen LogP contribution in [0.4, 0.5) is 0 Å². The molecule has 1 aliphatic carbocycles. The highest BCUT2D eigenvalue weighted by molar-refractivity contribution is 5.98. The quantitative estimate of drug-likeness (QED) is 0.210. The number of carbonyl (C=O) groups is 1. The lowest BCUT2D eigenvalue weighted by atomic mass is 9.82. The maximum absolute atomic E-state index is 13.3. The molecule has 39 heavy (non-hydrogen) atoms. The highest BCUT2D eigenvalue weighted by Crippen LogP contribution is 2.36. The minimum Gasteiger partial charge on any atom is -0.507 e. The van der Waals surface area contributed by atoms with E-state index in [4.69, 9.17) is 0 Å². The van der Waals surface area contributed by atoms with Gasteiger partial charge in [-0.25, -0.2) is 5.43 Å². The Morgan fingerprint density at radius 2 is 1.23 bits per heavy atom. The molecule has 0 saturated carbocycles. The summed E-state index contributed by atoms with van der Waals surface area (Å²) in [5, 5.41) is 14.1. The molecule has 190 valence electrons. The molecule has 0 unspecified atom stereocenters. The van der Waals surface area contributed by atoms with Gasteiger partial charge in [-0.2, -0.15) is 5.10 Å². The molecule has 0 spiro atoms. The number of hydrogen-bond acceptors (Lipinski definition) is 3. The molecule has 2 N–H and O–H groups in total. The summed E-state index contributed by atoms with van der Waals surface area (Å²) in [7, 11) is 0. The number of amides is 1. The third kappa shape index (κ3) is 6.76. The molecule has 4 aromatic rings. The zero-order valence-electron chi connectivity index (χ0n) is 21.4. The Kier molecular flexibility index (Phi) is 8.05. The first-order valence-corrected chi connectivity index (χ1v) is 12.8. The molecular weight excluding hydrogens is 480 g/mol. The van der Waals surface area contributed by atoms with Crippen LogP contribution in [-0.2, 0) is 4.79 Å². The van der Waals surface area contributed by atoms with Crippen LogP contribution in [0.3, 0.4) is 0 Å². The van der Waals surface area contributed by atoms with Crippen LogP contribution in [0, 0.1) is 0 Å². The van der Waals surface area contributed by atoms with Crippen LogP contribution in [0.25, 0.3) is 18.2 Å². The molecule has 1 amide bonds. The van der Waals surface area contributed by atoms with Crippen molar-refractivity contribution in [2.24, 2.45) is 5.10 Å². The van der Waals surface area contributed by atoms with E-state index in [2.05, 4.69) is 53.0 Å². The number of nitrogens with zero attached hydrogens (tertiary/aromatic N) is 1. The van der Waals surface area contributed by atoms with Gasteiger partial charge in [-0.1, -0.05) is 109 Å². The second kappa shape index (κ2) is 12.3. The number of carbonyl (C=O) groups excluding carboxylic acids is 1. The number of hydrazone groups is 1. The van der Waals surface area contributed by atoms with Gasteiger partial charge in [0, 0.05) is 17.6 Å². The van der Waals surface area contributed by atoms with Crippen LogP contribution in [0.2, 0.25) is 0 Å². The van der Waals surface area contributed by atoms with Crippen molar-refractivity contribution in [1.82, 2.24) is 5.43 Å². The van der Waals surface area contributed by atoms with E-state index < -0.39 is 0 Å². The Morgan fingerprint density at radius 1 is 0.692 bits per heavy atom. The molecule has 0 radical (unpaired) electrons. The molecular formula is C35H28N2O2. The summed E-state index contributed by atoms with van der Waals surface area (Å²) in [6.07, 6.45) is 10.2. The third-order valence-electron chi connectivity index (χ3n) is 6.34. The Bertz CT molecular complexity index is 1600. The van der Waals surface area contributed by atoms with E-state index in [1.165, 1.54) is 6.21 Å². The number of phenols is 1. The SMILES string of the molecule is O=C(NN=Cc1ccccc1O)C1=CC(=Cc2ccccc2)C(=Cc2ccccc2)C(=Cc2ccccc2)C1. The van der Waals surface area contributed by atoms with Crippen LogP contribution in [-0.4, -0.2) is 17.2 Å². The van der Waals surface area contributed by atoms with Crippen molar-refractivity contribution in [2.45, 2.75) is 6.42 Å². The summed E-state index contributed by atoms with van der Waals surface area (Å²) in [4.78, 5) is 13.3. The van der Waals surface area contributed by atoms with Crippen molar-refractivity contribution >= 4 is 30.3 Å². The van der Waals surface area contributed by atoms with Gasteiger partial charge in [-0.3, -0.25) is 4.79 Å². The summed E-state index contributed by atoms with van der Waals surface area (Å²) in [5.74, 6) is -0.192. The van der Waals surface area contributed by atoms with Gasteiger partial charge in [0.1, 0.15) is 5.75 Å². The van der Waals surface area contributed by atoms with Crippen molar-refractivity contribution in [1.29, 1.82) is 0 Å². The average Bonchev–Trinajstić information content (AvgIpc) is 2.97. The van der Waals surface area contributed by atoms with Crippen molar-refractivity contribution in [3.63, 3.8) is 0 Å². The average molecular weight is 509 g/mol. The Balaban J connectivity index is 1.56. The first-order valence-electron chi connectivity index (χ1n) is 12.8. The zero-order valence-corrected chi connectivity index (χ0v) is 21.4. The number of benzene rings is 4. The number of phenolic OH excluding ortho intramolecular Hbond substituents is 1. The van der Waals surface area contributed by atoms with E-state index in [1.54, 1.807) is 24.3 Å². The number of nitrogens with one attached hydrogen (secondary N) is 1. The van der Waals surface area contributed by atoms with Crippen molar-refractivity contribution in [3.8, 4) is 5.75 Å². The lowest BCUT2D eigenvalue weighted by molar-refractivity contribution is -0.117. The van der Waals surface area contributed by atoms with E-state index in [-0.39, 0.29) is 11.7 Å². The number of allylic oxidation sites excluding steroid dienone is 4. The van der Waals surface area contributed by atoms with Crippen molar-refractivity contribution < 1.29 is 9.90 Å². The maximum atomic E-state index is 13.3. The fraction of sp³-hybridized carbons (Fsp3) is 0.0286. The van der Waals surface area contributed by atoms with E-state index >= 15 is 0 Å². The molecule has 0 fully saturated rings. The van der Waals surface area contributed by atoms with Crippen LogP contribution in [0.15, 0.2) is 149 Å². The van der Waals surface area contributed by atoms with E-state index in [1.807, 2.05) is 72.8 Å². The van der Waals surface area contributed by atoms with E-state index in [9.17, 15) is 9.90 Å². The van der Waals surface area contributed by atoms with Gasteiger partial charge in [-0.15, -0.1) is 0 Å². The molecule has 1 aliphatic rings. The van der Waals surface area contributed by atoms with Crippen LogP contribution in [0.5, 0.6) is 5.75 Å². The smallest absolute Gasteiger partial charge is 0.267 e. The van der Waals surface area contributed by atoms with Crippen LogP contribution >= 0.6 is 0 Å². The first-order chi connectivity index (χ1) is 19.2. The maximum Gasteiger partial charge on any atom is 0.267 e. The summed E-state index contributed by atoms with van der Waals surface area (Å²) >= 11 is 0. The summed E-state index contributed by atoms with van der Waals surface area (Å²) in [6, 6.07) is 37.3. The molecule has 0 heterocycles. The summed E-state index contributed by atoms with van der Waals surface area (Å²) in [6.45, 7) is 0. The largest absolute Gasteiger partial charge is 0.507 e. The monoisotopic (exact) mass is 508 g/mol. The molecule has 0 bridgehead atoms. The van der Waals surface area contributed by atoms with Gasteiger partial charge in [-0.05, 0) is 63.8 Å². The topological polar surface area (TPSA) is 61.7 Å². The Labute approximate surface area is 228 Å². The highest BCUT2D eigenvalue weighted by atomic mass is 16.3. The minimum absolute atomic E-state index is 0.101. The molecule has 4 aromatic carbocycles. The van der Waals surface area contributed by atoms with Gasteiger partial charge in [0.25, 0.3) is 5.91 Å². The predicted molar refractivity (Wildman–Crippen MR) is 160 cm³/mol. The molecule has 0 atom stereocenters. The molecule has 4 heteroatoms. The van der Waals surface area contributed by atoms with E-state index in [0.29, 0.717) is 17.6 Å². The fourth-order valence-electron chi connectivity index (χ4n) is 4.40. The zero-order chi connectivity index (χ0) is 26.9. The van der Waals surface area contributed by atoms with Gasteiger partial charge in [0.15, 0.2) is 0 Å². The van der Waals surface area contributed by atoms with Crippen LogP contribution < -0.4 is 5.43 Å². The Morgan fingerprint density at radius 3 is 1.85 bits per heavy atom. The fourth-order valence-corrected chi connectivity index (χ4v) is 4.40. The lowest BCUT2D eigenvalue weighted by Crippen LogP contribution is -2.22. The number of aromatic hydroxyl groups is 1. The lowest BCUT2D eigenvalue weighted by Gasteiger charge is -2.22. The molecule has 0 aliphatic heterocycles. The summed E-state index contributed by atoms with van der Waals surface area (Å²) < 4.78 is 0. The molecule has 4 nitrogen and oxygen atoms in total. The second-order valence-corrected chi connectivity index (χ2v) is 9.16. The highest BCUT2D eigenvalue weighted by Gasteiger charge is 2.22. The molecule has 0 saturated heterocycles. The van der Waals surface area contributed by atoms with Crippen molar-refractivity contribution in [2.75, 3.05) is 0 Å². The third-order valence-corrected chi connectivity index (χ3v) is 6.34. The summed E-state index contributed by atoms with van der Waals surface area (Å²) in [5.41, 5.74) is 9.97. The molecule has 0 aromatic heterocycles. The second-order valence-electron chi connectivity index (χ2n) is 9.16. The molecule has 5 rings (SSSR count). The Hall–Kier alpha value is -5.22. The first kappa shape index (κ1) is 25.4. The van der Waals surface area contributed by atoms with Gasteiger partial charge >= 0.3 is 0 Å². The normalized spacial score (nSPS) is 16.5. The number of hydrogen-bond donors (Lipinski definition) is 2. The van der Waals surface area contributed by atoms with E-state index in [0.717, 1.165) is 33.4 Å². The van der Waals surface area contributed by atoms with Crippen molar-refractivity contribution in [3.05, 3.63) is 166 Å². The number of rotatable bonds is 6. The minimum atomic E-state index is -0.293. The van der Waals surface area contributed by atoms with Gasteiger partial charge < -0.3 is 5.11 Å². The number of para-hydroxylation sites is 1. The predicted octanol–water partition coefficient (Wildman–Crippen LogP) is 7.42. The van der Waals surface area contributed by atoms with Crippen LogP contribution in [0.1, 0.15) is 28.7 Å². The standard InChI is InChI=1S/C35H28N2O2/c38-34-19-11-10-18-29(34)25-36-37-35(39)32-23-30(20-26-12-4-1-5-13-26)33(22-28-16-8-3-9-17-28)31(24-32)21-27-14-6-2-7-15-27/h1-23,25,38H,24H2,(H,37,39). The van der Waals surface area contributed by atoms with Gasteiger partial charge in [0.2, 0.25) is 0 Å².